The van der Waals surface area contributed by atoms with E-state index in [1.54, 1.807) is 0 Å². The molecule has 0 amide bonds. The van der Waals surface area contributed by atoms with Crippen molar-refractivity contribution in [3.8, 4) is 0 Å². The lowest BCUT2D eigenvalue weighted by Crippen LogP contribution is -2.33. The van der Waals surface area contributed by atoms with Crippen LogP contribution in [-0.4, -0.2) is 28.2 Å². The van der Waals surface area contributed by atoms with E-state index in [1.165, 1.54) is 12.8 Å². The third-order valence-electron chi connectivity index (χ3n) is 3.16. The van der Waals surface area contributed by atoms with Gasteiger partial charge in [0.15, 0.2) is 5.15 Å². The highest BCUT2D eigenvalue weighted by Gasteiger charge is 2.24. The molecule has 1 unspecified atom stereocenters. The Kier molecular flexibility index (Phi) is 3.61. The van der Waals surface area contributed by atoms with Gasteiger partial charge in [0.2, 0.25) is 0 Å². The molecule has 0 radical (unpaired) electrons. The first-order valence-electron chi connectivity index (χ1n) is 5.75. The van der Waals surface area contributed by atoms with Gasteiger partial charge in [-0.05, 0) is 32.0 Å². The van der Waals surface area contributed by atoms with Gasteiger partial charge in [-0.25, -0.2) is 0 Å². The molecule has 2 N–H and O–H groups in total. The molecule has 1 aliphatic rings. The van der Waals surface area contributed by atoms with Gasteiger partial charge in [0, 0.05) is 0 Å². The molecule has 1 aliphatic heterocycles. The molecule has 16 heavy (non-hydrogen) atoms. The SMILES string of the molecule is CCN1CCCCC1c1cc(N)c(Cl)nn1. The van der Waals surface area contributed by atoms with Crippen LogP contribution >= 0.6 is 11.6 Å². The zero-order chi connectivity index (χ0) is 11.5. The predicted molar refractivity (Wildman–Crippen MR) is 65.3 cm³/mol. The summed E-state index contributed by atoms with van der Waals surface area (Å²) in [6.07, 6.45) is 3.63. The first-order valence-corrected chi connectivity index (χ1v) is 6.12. The number of nitrogens with zero attached hydrogens (tertiary/aromatic N) is 3. The van der Waals surface area contributed by atoms with E-state index in [4.69, 9.17) is 17.3 Å². The largest absolute Gasteiger partial charge is 0.396 e. The van der Waals surface area contributed by atoms with E-state index in [2.05, 4.69) is 22.0 Å². The Labute approximate surface area is 101 Å². The number of rotatable bonds is 2. The zero-order valence-corrected chi connectivity index (χ0v) is 10.2. The van der Waals surface area contributed by atoms with E-state index < -0.39 is 0 Å². The molecule has 5 heteroatoms. The Balaban J connectivity index is 2.23. The van der Waals surface area contributed by atoms with Crippen LogP contribution in [0.3, 0.4) is 0 Å². The van der Waals surface area contributed by atoms with Crippen LogP contribution in [0.4, 0.5) is 5.69 Å². The average Bonchev–Trinajstić information content (AvgIpc) is 2.32. The van der Waals surface area contributed by atoms with Crippen molar-refractivity contribution in [2.75, 3.05) is 18.8 Å². The van der Waals surface area contributed by atoms with Crippen molar-refractivity contribution in [3.05, 3.63) is 16.9 Å². The zero-order valence-electron chi connectivity index (χ0n) is 9.49. The number of hydrogen-bond donors (Lipinski definition) is 1. The lowest BCUT2D eigenvalue weighted by atomic mass is 9.99. The molecule has 0 bridgehead atoms. The molecule has 1 saturated heterocycles. The molecule has 0 aliphatic carbocycles. The molecule has 2 rings (SSSR count). The normalized spacial score (nSPS) is 22.2. The Bertz CT molecular complexity index is 369. The summed E-state index contributed by atoms with van der Waals surface area (Å²) >= 11 is 5.78. The minimum Gasteiger partial charge on any atom is -0.396 e. The molecule has 2 heterocycles. The molecule has 88 valence electrons. The Morgan fingerprint density at radius 1 is 1.50 bits per heavy atom. The maximum absolute atomic E-state index is 5.78. The fourth-order valence-electron chi connectivity index (χ4n) is 2.27. The third-order valence-corrected chi connectivity index (χ3v) is 3.45. The summed E-state index contributed by atoms with van der Waals surface area (Å²) in [7, 11) is 0. The molecule has 0 spiro atoms. The number of halogens is 1. The Morgan fingerprint density at radius 2 is 2.31 bits per heavy atom. The maximum atomic E-state index is 5.78. The van der Waals surface area contributed by atoms with Crippen molar-refractivity contribution in [2.24, 2.45) is 0 Å². The third kappa shape index (κ3) is 2.28. The van der Waals surface area contributed by atoms with Gasteiger partial charge in [0.1, 0.15) is 0 Å². The predicted octanol–water partition coefficient (Wildman–Crippen LogP) is 2.26. The Morgan fingerprint density at radius 3 is 3.00 bits per heavy atom. The number of anilines is 1. The second-order valence-corrected chi connectivity index (χ2v) is 4.51. The van der Waals surface area contributed by atoms with E-state index in [0.717, 1.165) is 25.2 Å². The first kappa shape index (κ1) is 11.6. The summed E-state index contributed by atoms with van der Waals surface area (Å²) in [5, 5.41) is 8.34. The standard InChI is InChI=1S/C11H17ClN4/c1-2-16-6-4-3-5-10(16)9-7-8(13)11(12)15-14-9/h7,10H,2-6H2,1H3,(H2,13,14). The van der Waals surface area contributed by atoms with Gasteiger partial charge in [0.25, 0.3) is 0 Å². The highest BCUT2D eigenvalue weighted by Crippen LogP contribution is 2.30. The van der Waals surface area contributed by atoms with Gasteiger partial charge < -0.3 is 5.73 Å². The molecular formula is C11H17ClN4. The monoisotopic (exact) mass is 240 g/mol. The molecule has 1 atom stereocenters. The first-order chi connectivity index (χ1) is 7.72. The van der Waals surface area contributed by atoms with Crippen LogP contribution in [0.5, 0.6) is 0 Å². The second-order valence-electron chi connectivity index (χ2n) is 4.16. The van der Waals surface area contributed by atoms with Crippen LogP contribution < -0.4 is 5.73 Å². The smallest absolute Gasteiger partial charge is 0.174 e. The number of nitrogen functional groups attached to an aromatic ring is 1. The lowest BCUT2D eigenvalue weighted by molar-refractivity contribution is 0.153. The number of likely N-dealkylation sites (tertiary alicyclic amines) is 1. The summed E-state index contributed by atoms with van der Waals surface area (Å²) in [5.41, 5.74) is 7.23. The summed E-state index contributed by atoms with van der Waals surface area (Å²) < 4.78 is 0. The summed E-state index contributed by atoms with van der Waals surface area (Å²) in [6.45, 7) is 4.34. The van der Waals surface area contributed by atoms with Crippen LogP contribution in [0.1, 0.15) is 37.9 Å². The summed E-state index contributed by atoms with van der Waals surface area (Å²) in [4.78, 5) is 2.42. The fraction of sp³-hybridized carbons (Fsp3) is 0.636. The Hall–Kier alpha value is -0.870. The van der Waals surface area contributed by atoms with Crippen molar-refractivity contribution in [3.63, 3.8) is 0 Å². The quantitative estimate of drug-likeness (QED) is 0.862. The molecular weight excluding hydrogens is 224 g/mol. The van der Waals surface area contributed by atoms with Crippen LogP contribution in [0.25, 0.3) is 0 Å². The van der Waals surface area contributed by atoms with Crippen LogP contribution in [0, 0.1) is 0 Å². The summed E-state index contributed by atoms with van der Waals surface area (Å²) in [6, 6.07) is 2.21. The average molecular weight is 241 g/mol. The van der Waals surface area contributed by atoms with Gasteiger partial charge in [-0.15, -0.1) is 5.10 Å². The van der Waals surface area contributed by atoms with E-state index in [1.807, 2.05) is 6.07 Å². The molecule has 0 saturated carbocycles. The number of nitrogens with two attached hydrogens (primary N) is 1. The molecule has 1 fully saturated rings. The van der Waals surface area contributed by atoms with E-state index in [-0.39, 0.29) is 0 Å². The van der Waals surface area contributed by atoms with Gasteiger partial charge >= 0.3 is 0 Å². The van der Waals surface area contributed by atoms with Crippen LogP contribution in [0.2, 0.25) is 5.15 Å². The van der Waals surface area contributed by atoms with Crippen molar-refractivity contribution < 1.29 is 0 Å². The number of piperidine rings is 1. The molecule has 1 aromatic heterocycles. The minimum absolute atomic E-state index is 0.294. The fourth-order valence-corrected chi connectivity index (χ4v) is 2.37. The minimum atomic E-state index is 0.294. The summed E-state index contributed by atoms with van der Waals surface area (Å²) in [5.74, 6) is 0. The molecule has 0 aromatic carbocycles. The molecule has 4 nitrogen and oxygen atoms in total. The number of hydrogen-bond acceptors (Lipinski definition) is 4. The van der Waals surface area contributed by atoms with E-state index in [0.29, 0.717) is 16.9 Å². The highest BCUT2D eigenvalue weighted by molar-refractivity contribution is 6.31. The second kappa shape index (κ2) is 4.97. The van der Waals surface area contributed by atoms with Gasteiger partial charge in [-0.2, -0.15) is 5.10 Å². The number of aromatic nitrogens is 2. The maximum Gasteiger partial charge on any atom is 0.174 e. The molecule has 1 aromatic rings. The van der Waals surface area contributed by atoms with Crippen LogP contribution in [0.15, 0.2) is 6.07 Å². The van der Waals surface area contributed by atoms with Crippen molar-refractivity contribution in [1.29, 1.82) is 0 Å². The van der Waals surface area contributed by atoms with Crippen molar-refractivity contribution in [1.82, 2.24) is 15.1 Å². The topological polar surface area (TPSA) is 55.0 Å². The van der Waals surface area contributed by atoms with Gasteiger partial charge in [-0.3, -0.25) is 4.90 Å². The van der Waals surface area contributed by atoms with Gasteiger partial charge in [-0.1, -0.05) is 24.9 Å². The van der Waals surface area contributed by atoms with E-state index >= 15 is 0 Å². The van der Waals surface area contributed by atoms with Crippen LogP contribution in [-0.2, 0) is 0 Å². The van der Waals surface area contributed by atoms with Crippen molar-refractivity contribution >= 4 is 17.3 Å². The van der Waals surface area contributed by atoms with E-state index in [9.17, 15) is 0 Å². The lowest BCUT2D eigenvalue weighted by Gasteiger charge is -2.34. The highest BCUT2D eigenvalue weighted by atomic mass is 35.5. The van der Waals surface area contributed by atoms with Gasteiger partial charge in [0.05, 0.1) is 17.4 Å². The van der Waals surface area contributed by atoms with Crippen molar-refractivity contribution in [2.45, 2.75) is 32.2 Å².